The molecule has 4 heteroatoms. The highest BCUT2D eigenvalue weighted by Crippen LogP contribution is 2.18. The van der Waals surface area contributed by atoms with Crippen LogP contribution in [0.4, 0.5) is 5.82 Å². The van der Waals surface area contributed by atoms with Gasteiger partial charge in [-0.1, -0.05) is 6.07 Å². The lowest BCUT2D eigenvalue weighted by Gasteiger charge is -2.28. The number of anilines is 1. The lowest BCUT2D eigenvalue weighted by atomic mass is 10.0. The molecule has 1 N–H and O–H groups in total. The minimum Gasteiger partial charge on any atom is -0.381 e. The fraction of sp³-hybridized carbons (Fsp3) is 0.706. The molecule has 1 saturated heterocycles. The second kappa shape index (κ2) is 7.23. The second-order valence-electron chi connectivity index (χ2n) is 7.05. The van der Waals surface area contributed by atoms with Crippen LogP contribution < -0.4 is 10.2 Å². The van der Waals surface area contributed by atoms with Gasteiger partial charge < -0.3 is 15.0 Å². The van der Waals surface area contributed by atoms with Gasteiger partial charge in [0.15, 0.2) is 0 Å². The van der Waals surface area contributed by atoms with Crippen molar-refractivity contribution in [1.29, 1.82) is 0 Å². The van der Waals surface area contributed by atoms with Crippen LogP contribution >= 0.6 is 0 Å². The monoisotopic (exact) mass is 291 g/mol. The zero-order chi connectivity index (χ0) is 15.3. The Hall–Kier alpha value is -1.13. The Balaban J connectivity index is 1.92. The van der Waals surface area contributed by atoms with Crippen molar-refractivity contribution < 1.29 is 4.74 Å². The van der Waals surface area contributed by atoms with Crippen LogP contribution in [0, 0.1) is 5.92 Å². The zero-order valence-electron chi connectivity index (χ0n) is 13.9. The van der Waals surface area contributed by atoms with Gasteiger partial charge in [-0.05, 0) is 51.7 Å². The Kier molecular flexibility index (Phi) is 5.59. The van der Waals surface area contributed by atoms with Crippen molar-refractivity contribution in [3.8, 4) is 0 Å². The zero-order valence-corrected chi connectivity index (χ0v) is 13.9. The SMILES string of the molecule is CN(CC1CCCOC1)c1cccc(CNC(C)(C)C)n1. The quantitative estimate of drug-likeness (QED) is 0.905. The molecule has 0 radical (unpaired) electrons. The molecule has 21 heavy (non-hydrogen) atoms. The van der Waals surface area contributed by atoms with Gasteiger partial charge in [0.25, 0.3) is 0 Å². The van der Waals surface area contributed by atoms with Crippen LogP contribution in [0.3, 0.4) is 0 Å². The summed E-state index contributed by atoms with van der Waals surface area (Å²) in [6.45, 7) is 10.1. The normalized spacial score (nSPS) is 19.5. The maximum atomic E-state index is 5.56. The van der Waals surface area contributed by atoms with E-state index in [-0.39, 0.29) is 5.54 Å². The third kappa shape index (κ3) is 5.64. The Morgan fingerprint density at radius 1 is 1.38 bits per heavy atom. The first-order valence-electron chi connectivity index (χ1n) is 7.94. The number of hydrogen-bond acceptors (Lipinski definition) is 4. The fourth-order valence-electron chi connectivity index (χ4n) is 2.57. The molecule has 118 valence electrons. The molecule has 1 unspecified atom stereocenters. The van der Waals surface area contributed by atoms with Crippen molar-refractivity contribution in [3.05, 3.63) is 23.9 Å². The highest BCUT2D eigenvalue weighted by atomic mass is 16.5. The highest BCUT2D eigenvalue weighted by Gasteiger charge is 2.17. The number of hydrogen-bond donors (Lipinski definition) is 1. The topological polar surface area (TPSA) is 37.4 Å². The molecule has 1 aliphatic heterocycles. The van der Waals surface area contributed by atoms with Crippen molar-refractivity contribution in [2.75, 3.05) is 31.7 Å². The van der Waals surface area contributed by atoms with Gasteiger partial charge >= 0.3 is 0 Å². The van der Waals surface area contributed by atoms with E-state index in [4.69, 9.17) is 9.72 Å². The minimum absolute atomic E-state index is 0.114. The van der Waals surface area contributed by atoms with Crippen molar-refractivity contribution >= 4 is 5.82 Å². The third-order valence-electron chi connectivity index (χ3n) is 3.77. The molecule has 1 fully saturated rings. The standard InChI is InChI=1S/C17H29N3O/c1-17(2,3)18-11-15-8-5-9-16(19-15)20(4)12-14-7-6-10-21-13-14/h5,8-9,14,18H,6-7,10-13H2,1-4H3. The van der Waals surface area contributed by atoms with E-state index in [1.54, 1.807) is 0 Å². The first kappa shape index (κ1) is 16.2. The number of aromatic nitrogens is 1. The van der Waals surface area contributed by atoms with Gasteiger partial charge in [-0.3, -0.25) is 0 Å². The molecule has 4 nitrogen and oxygen atoms in total. The number of pyridine rings is 1. The van der Waals surface area contributed by atoms with Gasteiger partial charge in [0.1, 0.15) is 5.82 Å². The van der Waals surface area contributed by atoms with Crippen LogP contribution in [0.1, 0.15) is 39.3 Å². The largest absolute Gasteiger partial charge is 0.381 e. The summed E-state index contributed by atoms with van der Waals surface area (Å²) in [6, 6.07) is 6.26. The molecule has 1 aromatic heterocycles. The highest BCUT2D eigenvalue weighted by molar-refractivity contribution is 5.38. The van der Waals surface area contributed by atoms with Crippen LogP contribution in [-0.2, 0) is 11.3 Å². The number of rotatable bonds is 5. The van der Waals surface area contributed by atoms with Crippen LogP contribution in [-0.4, -0.2) is 37.3 Å². The molecule has 0 amide bonds. The van der Waals surface area contributed by atoms with Crippen LogP contribution in [0.25, 0.3) is 0 Å². The molecule has 1 aliphatic rings. The van der Waals surface area contributed by atoms with Crippen molar-refractivity contribution in [2.45, 2.75) is 45.7 Å². The van der Waals surface area contributed by atoms with E-state index in [0.29, 0.717) is 5.92 Å². The smallest absolute Gasteiger partial charge is 0.128 e. The van der Waals surface area contributed by atoms with Crippen LogP contribution in [0.2, 0.25) is 0 Å². The number of nitrogens with one attached hydrogen (secondary N) is 1. The van der Waals surface area contributed by atoms with E-state index in [1.807, 2.05) is 0 Å². The molecule has 0 aliphatic carbocycles. The summed E-state index contributed by atoms with van der Waals surface area (Å²) < 4.78 is 5.56. The van der Waals surface area contributed by atoms with Crippen molar-refractivity contribution in [1.82, 2.24) is 10.3 Å². The van der Waals surface area contributed by atoms with E-state index in [1.165, 1.54) is 12.8 Å². The number of ether oxygens (including phenoxy) is 1. The van der Waals surface area contributed by atoms with Crippen LogP contribution in [0.5, 0.6) is 0 Å². The van der Waals surface area contributed by atoms with E-state index < -0.39 is 0 Å². The summed E-state index contributed by atoms with van der Waals surface area (Å²) in [5.41, 5.74) is 1.21. The van der Waals surface area contributed by atoms with Crippen LogP contribution in [0.15, 0.2) is 18.2 Å². The fourth-order valence-corrected chi connectivity index (χ4v) is 2.57. The predicted molar refractivity (Wildman–Crippen MR) is 87.6 cm³/mol. The molecule has 0 spiro atoms. The van der Waals surface area contributed by atoms with Crippen molar-refractivity contribution in [3.63, 3.8) is 0 Å². The van der Waals surface area contributed by atoms with Gasteiger partial charge in [-0.25, -0.2) is 4.98 Å². The molecular formula is C17H29N3O. The maximum Gasteiger partial charge on any atom is 0.128 e. The molecular weight excluding hydrogens is 262 g/mol. The lowest BCUT2D eigenvalue weighted by Crippen LogP contribution is -2.35. The molecule has 0 bridgehead atoms. The van der Waals surface area contributed by atoms with Crippen molar-refractivity contribution in [2.24, 2.45) is 5.92 Å². The molecule has 1 aromatic rings. The lowest BCUT2D eigenvalue weighted by molar-refractivity contribution is 0.0576. The molecule has 2 rings (SSSR count). The maximum absolute atomic E-state index is 5.56. The van der Waals surface area contributed by atoms with E-state index >= 15 is 0 Å². The average Bonchev–Trinajstić information content (AvgIpc) is 2.46. The molecule has 1 atom stereocenters. The Labute approximate surface area is 128 Å². The first-order valence-corrected chi connectivity index (χ1v) is 7.94. The van der Waals surface area contributed by atoms with E-state index in [9.17, 15) is 0 Å². The minimum atomic E-state index is 0.114. The summed E-state index contributed by atoms with van der Waals surface area (Å²) in [5, 5.41) is 3.48. The third-order valence-corrected chi connectivity index (χ3v) is 3.77. The van der Waals surface area contributed by atoms with E-state index in [0.717, 1.165) is 37.8 Å². The first-order chi connectivity index (χ1) is 9.94. The van der Waals surface area contributed by atoms with Gasteiger partial charge in [0.05, 0.1) is 12.3 Å². The second-order valence-corrected chi connectivity index (χ2v) is 7.05. The van der Waals surface area contributed by atoms with Gasteiger partial charge in [-0.2, -0.15) is 0 Å². The summed E-state index contributed by atoms with van der Waals surface area (Å²) in [7, 11) is 2.12. The van der Waals surface area contributed by atoms with Gasteiger partial charge in [0, 0.05) is 32.3 Å². The Morgan fingerprint density at radius 2 is 2.19 bits per heavy atom. The molecule has 2 heterocycles. The number of nitrogens with zero attached hydrogens (tertiary/aromatic N) is 2. The summed E-state index contributed by atoms with van der Waals surface area (Å²) in [6.07, 6.45) is 2.44. The van der Waals surface area contributed by atoms with Gasteiger partial charge in [0.2, 0.25) is 0 Å². The predicted octanol–water partition coefficient (Wildman–Crippen LogP) is 2.83. The summed E-state index contributed by atoms with van der Waals surface area (Å²) in [4.78, 5) is 7.01. The van der Waals surface area contributed by atoms with Gasteiger partial charge in [-0.15, -0.1) is 0 Å². The molecule has 0 saturated carbocycles. The van der Waals surface area contributed by atoms with E-state index in [2.05, 4.69) is 56.2 Å². The summed E-state index contributed by atoms with van der Waals surface area (Å²) in [5.74, 6) is 1.68. The summed E-state index contributed by atoms with van der Waals surface area (Å²) >= 11 is 0. The molecule has 0 aromatic carbocycles. The average molecular weight is 291 g/mol. The Morgan fingerprint density at radius 3 is 2.86 bits per heavy atom. The Bertz CT molecular complexity index is 436.